The molecule has 2 aromatic rings. The molecular formula is C20H16N2O5S. The Labute approximate surface area is 165 Å². The van der Waals surface area contributed by atoms with E-state index < -0.39 is 29.6 Å². The molecule has 1 saturated heterocycles. The fourth-order valence-corrected chi connectivity index (χ4v) is 3.02. The molecule has 0 aromatic heterocycles. The smallest absolute Gasteiger partial charge is 0.338 e. The van der Waals surface area contributed by atoms with Crippen molar-refractivity contribution in [3.63, 3.8) is 0 Å². The van der Waals surface area contributed by atoms with Crippen LogP contribution in [0.1, 0.15) is 21.5 Å². The predicted molar refractivity (Wildman–Crippen MR) is 106 cm³/mol. The van der Waals surface area contributed by atoms with Gasteiger partial charge in [0.1, 0.15) is 0 Å². The third-order valence-corrected chi connectivity index (χ3v) is 4.57. The molecule has 0 bridgehead atoms. The summed E-state index contributed by atoms with van der Waals surface area (Å²) >= 11 is 0.817. The van der Waals surface area contributed by atoms with Gasteiger partial charge in [-0.15, -0.1) is 0 Å². The number of hydrogen-bond acceptors (Lipinski definition) is 6. The Hall–Kier alpha value is -3.39. The third kappa shape index (κ3) is 5.08. The average Bonchev–Trinajstić information content (AvgIpc) is 2.99. The van der Waals surface area contributed by atoms with Crippen molar-refractivity contribution in [2.75, 3.05) is 11.9 Å². The Kier molecular flexibility index (Phi) is 5.90. The summed E-state index contributed by atoms with van der Waals surface area (Å²) in [6, 6.07) is 13.5. The largest absolute Gasteiger partial charge is 0.452 e. The fraction of sp³-hybridized carbons (Fsp3) is 0.100. The number of anilines is 1. The maximum atomic E-state index is 12.1. The Balaban J connectivity index is 1.54. The first kappa shape index (κ1) is 19.4. The number of carbonyl (C=O) groups excluding carboxylic acids is 4. The molecule has 0 radical (unpaired) electrons. The van der Waals surface area contributed by atoms with Crippen LogP contribution in [0.15, 0.2) is 53.4 Å². The monoisotopic (exact) mass is 396 g/mol. The van der Waals surface area contributed by atoms with E-state index in [2.05, 4.69) is 10.6 Å². The highest BCUT2D eigenvalue weighted by Gasteiger charge is 2.24. The van der Waals surface area contributed by atoms with E-state index in [1.807, 2.05) is 19.1 Å². The number of esters is 1. The number of nitrogens with one attached hydrogen (secondary N) is 2. The van der Waals surface area contributed by atoms with Crippen LogP contribution >= 0.6 is 11.8 Å². The van der Waals surface area contributed by atoms with E-state index in [4.69, 9.17) is 4.74 Å². The molecule has 3 amide bonds. The molecule has 0 unspecified atom stereocenters. The van der Waals surface area contributed by atoms with Gasteiger partial charge in [-0.3, -0.25) is 19.7 Å². The Morgan fingerprint density at radius 3 is 2.36 bits per heavy atom. The molecular weight excluding hydrogens is 380 g/mol. The minimum atomic E-state index is -0.638. The van der Waals surface area contributed by atoms with Crippen LogP contribution in [0, 0.1) is 6.92 Å². The van der Waals surface area contributed by atoms with Crippen LogP contribution < -0.4 is 10.6 Å². The molecule has 0 saturated carbocycles. The van der Waals surface area contributed by atoms with Crippen LogP contribution in [0.2, 0.25) is 0 Å². The summed E-state index contributed by atoms with van der Waals surface area (Å²) < 4.78 is 5.01. The second-order valence-corrected chi connectivity index (χ2v) is 6.98. The second-order valence-electron chi connectivity index (χ2n) is 5.96. The van der Waals surface area contributed by atoms with Gasteiger partial charge in [0.2, 0.25) is 0 Å². The van der Waals surface area contributed by atoms with E-state index in [0.717, 1.165) is 17.3 Å². The molecule has 1 aliphatic rings. The van der Waals surface area contributed by atoms with Gasteiger partial charge < -0.3 is 10.1 Å². The minimum Gasteiger partial charge on any atom is -0.452 e. The number of hydrogen-bond donors (Lipinski definition) is 2. The van der Waals surface area contributed by atoms with E-state index in [9.17, 15) is 19.2 Å². The lowest BCUT2D eigenvalue weighted by Gasteiger charge is -2.07. The standard InChI is InChI=1S/C20H16N2O5S/c1-12-2-8-15(9-3-12)21-17(23)11-27-19(25)14-6-4-13(5-7-14)10-16-18(24)22-20(26)28-16/h2-10H,11H2,1H3,(H,21,23)(H,22,24,26)/b16-10-. The van der Waals surface area contributed by atoms with Crippen molar-refractivity contribution < 1.29 is 23.9 Å². The molecule has 0 atom stereocenters. The van der Waals surface area contributed by atoms with E-state index in [-0.39, 0.29) is 10.5 Å². The van der Waals surface area contributed by atoms with Crippen LogP contribution in [-0.2, 0) is 14.3 Å². The van der Waals surface area contributed by atoms with Crippen molar-refractivity contribution in [3.05, 3.63) is 70.1 Å². The summed E-state index contributed by atoms with van der Waals surface area (Å²) in [7, 11) is 0. The molecule has 142 valence electrons. The number of thioether (sulfide) groups is 1. The van der Waals surface area contributed by atoms with Crippen LogP contribution in [0.3, 0.4) is 0 Å². The average molecular weight is 396 g/mol. The Morgan fingerprint density at radius 2 is 1.75 bits per heavy atom. The minimum absolute atomic E-state index is 0.268. The van der Waals surface area contributed by atoms with Crippen molar-refractivity contribution >= 4 is 46.5 Å². The van der Waals surface area contributed by atoms with Crippen molar-refractivity contribution in [3.8, 4) is 0 Å². The zero-order chi connectivity index (χ0) is 20.1. The van der Waals surface area contributed by atoms with Crippen molar-refractivity contribution in [2.45, 2.75) is 6.92 Å². The molecule has 2 N–H and O–H groups in total. The highest BCUT2D eigenvalue weighted by atomic mass is 32.2. The van der Waals surface area contributed by atoms with Gasteiger partial charge in [0.15, 0.2) is 6.61 Å². The molecule has 0 aliphatic carbocycles. The van der Waals surface area contributed by atoms with E-state index in [1.54, 1.807) is 30.3 Å². The maximum Gasteiger partial charge on any atom is 0.338 e. The predicted octanol–water partition coefficient (Wildman–Crippen LogP) is 3.11. The molecule has 7 nitrogen and oxygen atoms in total. The van der Waals surface area contributed by atoms with Gasteiger partial charge >= 0.3 is 5.97 Å². The number of benzene rings is 2. The highest BCUT2D eigenvalue weighted by molar-refractivity contribution is 8.18. The summed E-state index contributed by atoms with van der Waals surface area (Å²) in [6.45, 7) is 1.54. The topological polar surface area (TPSA) is 102 Å². The molecule has 1 aliphatic heterocycles. The number of aryl methyl sites for hydroxylation is 1. The zero-order valence-corrected chi connectivity index (χ0v) is 15.7. The van der Waals surface area contributed by atoms with Gasteiger partial charge in [-0.1, -0.05) is 29.8 Å². The maximum absolute atomic E-state index is 12.1. The third-order valence-electron chi connectivity index (χ3n) is 3.76. The summed E-state index contributed by atoms with van der Waals surface area (Å²) in [5.41, 5.74) is 2.62. The van der Waals surface area contributed by atoms with Crippen LogP contribution in [-0.4, -0.2) is 29.6 Å². The van der Waals surface area contributed by atoms with E-state index in [0.29, 0.717) is 11.3 Å². The number of amides is 3. The number of carbonyl (C=O) groups is 4. The van der Waals surface area contributed by atoms with E-state index >= 15 is 0 Å². The molecule has 0 spiro atoms. The zero-order valence-electron chi connectivity index (χ0n) is 14.9. The first-order chi connectivity index (χ1) is 13.4. The molecule has 1 fully saturated rings. The van der Waals surface area contributed by atoms with Gasteiger partial charge in [-0.25, -0.2) is 4.79 Å². The quantitative estimate of drug-likeness (QED) is 0.595. The first-order valence-corrected chi connectivity index (χ1v) is 9.11. The van der Waals surface area contributed by atoms with Gasteiger partial charge in [-0.05, 0) is 54.6 Å². The normalized spacial score (nSPS) is 14.7. The van der Waals surface area contributed by atoms with Crippen LogP contribution in [0.25, 0.3) is 6.08 Å². The number of imide groups is 1. The summed E-state index contributed by atoms with van der Waals surface area (Å²) in [4.78, 5) is 46.9. The lowest BCUT2D eigenvalue weighted by atomic mass is 10.1. The number of rotatable bonds is 5. The van der Waals surface area contributed by atoms with Crippen LogP contribution in [0.4, 0.5) is 10.5 Å². The lowest BCUT2D eigenvalue weighted by molar-refractivity contribution is -0.119. The van der Waals surface area contributed by atoms with Gasteiger partial charge in [0.05, 0.1) is 10.5 Å². The summed E-state index contributed by atoms with van der Waals surface area (Å²) in [5.74, 6) is -1.52. The summed E-state index contributed by atoms with van der Waals surface area (Å²) in [6.07, 6.45) is 1.55. The Bertz CT molecular complexity index is 965. The molecule has 8 heteroatoms. The molecule has 2 aromatic carbocycles. The number of ether oxygens (including phenoxy) is 1. The van der Waals surface area contributed by atoms with Crippen molar-refractivity contribution in [1.29, 1.82) is 0 Å². The fourth-order valence-electron chi connectivity index (χ4n) is 2.34. The molecule has 3 rings (SSSR count). The van der Waals surface area contributed by atoms with Gasteiger partial charge in [-0.2, -0.15) is 0 Å². The SMILES string of the molecule is Cc1ccc(NC(=O)COC(=O)c2ccc(/C=C3\SC(=O)NC3=O)cc2)cc1. The highest BCUT2D eigenvalue weighted by Crippen LogP contribution is 2.25. The van der Waals surface area contributed by atoms with Crippen LogP contribution in [0.5, 0.6) is 0 Å². The molecule has 1 heterocycles. The molecule has 28 heavy (non-hydrogen) atoms. The van der Waals surface area contributed by atoms with Gasteiger partial charge in [0.25, 0.3) is 17.1 Å². The Morgan fingerprint density at radius 1 is 1.07 bits per heavy atom. The summed E-state index contributed by atoms with van der Waals surface area (Å²) in [5, 5.41) is 4.39. The van der Waals surface area contributed by atoms with Crippen molar-refractivity contribution in [2.24, 2.45) is 0 Å². The van der Waals surface area contributed by atoms with Crippen molar-refractivity contribution in [1.82, 2.24) is 5.32 Å². The van der Waals surface area contributed by atoms with E-state index in [1.165, 1.54) is 12.1 Å². The first-order valence-electron chi connectivity index (χ1n) is 8.29. The lowest BCUT2D eigenvalue weighted by Crippen LogP contribution is -2.20. The van der Waals surface area contributed by atoms with Gasteiger partial charge in [0, 0.05) is 5.69 Å². The second kappa shape index (κ2) is 8.53.